The number of hydrogen-bond donors (Lipinski definition) is 0. The molecule has 0 aromatic heterocycles. The van der Waals surface area contributed by atoms with Gasteiger partial charge in [-0.3, -0.25) is 9.69 Å². The SMILES string of the molecule is O=C1/C(=C/c2ccc(OCc3cccc(F)c3)c(Br)c2)SC(=S)N1C[C@H]1CCCO1. The lowest BCUT2D eigenvalue weighted by atomic mass is 10.2. The first kappa shape index (κ1) is 21.5. The van der Waals surface area contributed by atoms with Crippen molar-refractivity contribution in [3.8, 4) is 5.75 Å². The molecule has 0 radical (unpaired) electrons. The zero-order chi connectivity index (χ0) is 21.1. The van der Waals surface area contributed by atoms with Crippen molar-refractivity contribution in [2.24, 2.45) is 0 Å². The molecule has 2 saturated heterocycles. The lowest BCUT2D eigenvalue weighted by molar-refractivity contribution is -0.123. The maximum absolute atomic E-state index is 13.3. The molecule has 4 rings (SSSR count). The minimum atomic E-state index is -0.290. The van der Waals surface area contributed by atoms with Gasteiger partial charge in [0, 0.05) is 6.61 Å². The second kappa shape index (κ2) is 9.60. The third kappa shape index (κ3) is 5.11. The number of benzene rings is 2. The molecule has 1 atom stereocenters. The summed E-state index contributed by atoms with van der Waals surface area (Å²) in [5.41, 5.74) is 1.61. The summed E-state index contributed by atoms with van der Waals surface area (Å²) in [6.45, 7) is 1.52. The van der Waals surface area contributed by atoms with E-state index in [1.165, 1.54) is 23.9 Å². The van der Waals surface area contributed by atoms with Crippen LogP contribution in [0.25, 0.3) is 6.08 Å². The van der Waals surface area contributed by atoms with E-state index in [-0.39, 0.29) is 24.4 Å². The molecule has 30 heavy (non-hydrogen) atoms. The van der Waals surface area contributed by atoms with Crippen molar-refractivity contribution < 1.29 is 18.7 Å². The van der Waals surface area contributed by atoms with Gasteiger partial charge in [0.15, 0.2) is 0 Å². The number of carbonyl (C=O) groups is 1. The van der Waals surface area contributed by atoms with Crippen LogP contribution in [0.4, 0.5) is 4.39 Å². The van der Waals surface area contributed by atoms with Gasteiger partial charge >= 0.3 is 0 Å². The zero-order valence-corrected chi connectivity index (χ0v) is 19.2. The fraction of sp³-hybridized carbons (Fsp3) is 0.273. The van der Waals surface area contributed by atoms with Crippen LogP contribution in [-0.4, -0.2) is 34.4 Å². The maximum Gasteiger partial charge on any atom is 0.266 e. The third-order valence-corrected chi connectivity index (χ3v) is 6.82. The molecular weight excluding hydrogens is 489 g/mol. The standard InChI is InChI=1S/C22H19BrFNO3S2/c23-18-10-14(6-7-19(18)28-13-15-3-1-4-16(24)9-15)11-20-21(26)25(22(29)30-20)12-17-5-2-8-27-17/h1,3-4,6-7,9-11,17H,2,5,8,12-13H2/b20-11-/t17-/m1/s1. The van der Waals surface area contributed by atoms with E-state index in [9.17, 15) is 9.18 Å². The average Bonchev–Trinajstić information content (AvgIpc) is 3.32. The number of ether oxygens (including phenoxy) is 2. The van der Waals surface area contributed by atoms with E-state index in [0.29, 0.717) is 21.5 Å². The number of carbonyl (C=O) groups excluding carboxylic acids is 1. The predicted molar refractivity (Wildman–Crippen MR) is 124 cm³/mol. The lowest BCUT2D eigenvalue weighted by Crippen LogP contribution is -2.35. The summed E-state index contributed by atoms with van der Waals surface area (Å²) >= 11 is 10.2. The van der Waals surface area contributed by atoms with Crippen molar-refractivity contribution >= 4 is 56.2 Å². The van der Waals surface area contributed by atoms with Gasteiger partial charge < -0.3 is 9.47 Å². The first-order valence-electron chi connectivity index (χ1n) is 9.53. The number of rotatable bonds is 6. The van der Waals surface area contributed by atoms with E-state index < -0.39 is 0 Å². The topological polar surface area (TPSA) is 38.8 Å². The molecule has 0 aliphatic carbocycles. The molecule has 0 N–H and O–H groups in total. The van der Waals surface area contributed by atoms with Crippen molar-refractivity contribution in [2.75, 3.05) is 13.2 Å². The lowest BCUT2D eigenvalue weighted by Gasteiger charge is -2.18. The minimum absolute atomic E-state index is 0.0653. The van der Waals surface area contributed by atoms with Gasteiger partial charge in [0.1, 0.15) is 22.5 Å². The molecule has 8 heteroatoms. The van der Waals surface area contributed by atoms with E-state index >= 15 is 0 Å². The summed E-state index contributed by atoms with van der Waals surface area (Å²) in [6.07, 6.45) is 3.88. The summed E-state index contributed by atoms with van der Waals surface area (Å²) in [5.74, 6) is 0.271. The minimum Gasteiger partial charge on any atom is -0.488 e. The van der Waals surface area contributed by atoms with E-state index in [2.05, 4.69) is 15.9 Å². The Bertz CT molecular complexity index is 1010. The van der Waals surface area contributed by atoms with E-state index in [1.807, 2.05) is 30.3 Å². The molecule has 0 unspecified atom stereocenters. The van der Waals surface area contributed by atoms with Crippen LogP contribution >= 0.6 is 39.9 Å². The summed E-state index contributed by atoms with van der Waals surface area (Å²) in [7, 11) is 0. The van der Waals surface area contributed by atoms with Gasteiger partial charge in [-0.25, -0.2) is 4.39 Å². The first-order valence-corrected chi connectivity index (χ1v) is 11.5. The number of nitrogens with zero attached hydrogens (tertiary/aromatic N) is 1. The highest BCUT2D eigenvalue weighted by Crippen LogP contribution is 2.35. The Balaban J connectivity index is 1.43. The highest BCUT2D eigenvalue weighted by molar-refractivity contribution is 9.10. The molecule has 0 saturated carbocycles. The van der Waals surface area contributed by atoms with Crippen molar-refractivity contribution in [3.05, 3.63) is 68.8 Å². The van der Waals surface area contributed by atoms with Gasteiger partial charge in [0.2, 0.25) is 0 Å². The summed E-state index contributed by atoms with van der Waals surface area (Å²) in [4.78, 5) is 15.0. The monoisotopic (exact) mass is 507 g/mol. The molecule has 2 fully saturated rings. The van der Waals surface area contributed by atoms with Crippen molar-refractivity contribution in [1.29, 1.82) is 0 Å². The fourth-order valence-electron chi connectivity index (χ4n) is 3.31. The number of thioether (sulfide) groups is 1. The van der Waals surface area contributed by atoms with Crippen LogP contribution in [0.2, 0.25) is 0 Å². The summed E-state index contributed by atoms with van der Waals surface area (Å²) in [5, 5.41) is 0. The van der Waals surface area contributed by atoms with Crippen LogP contribution in [0.1, 0.15) is 24.0 Å². The Morgan fingerprint density at radius 3 is 2.93 bits per heavy atom. The van der Waals surface area contributed by atoms with Crippen molar-refractivity contribution in [3.63, 3.8) is 0 Å². The quantitative estimate of drug-likeness (QED) is 0.378. The van der Waals surface area contributed by atoms with Crippen LogP contribution < -0.4 is 4.74 Å². The number of thiocarbonyl (C=S) groups is 1. The Kier molecular flexibility index (Phi) is 6.87. The molecule has 156 valence electrons. The molecular formula is C22H19BrFNO3S2. The summed E-state index contributed by atoms with van der Waals surface area (Å²) in [6, 6.07) is 11.9. The molecule has 2 aliphatic heterocycles. The van der Waals surface area contributed by atoms with Gasteiger partial charge in [-0.05, 0) is 70.2 Å². The largest absolute Gasteiger partial charge is 0.488 e. The highest BCUT2D eigenvalue weighted by Gasteiger charge is 2.34. The van der Waals surface area contributed by atoms with Crippen molar-refractivity contribution in [2.45, 2.75) is 25.6 Å². The highest BCUT2D eigenvalue weighted by atomic mass is 79.9. The molecule has 2 aromatic rings. The molecule has 1 amide bonds. The predicted octanol–water partition coefficient (Wildman–Crippen LogP) is 5.55. The van der Waals surface area contributed by atoms with Crippen molar-refractivity contribution in [1.82, 2.24) is 4.90 Å². The molecule has 4 nitrogen and oxygen atoms in total. The normalized spacial score (nSPS) is 20.4. The summed E-state index contributed by atoms with van der Waals surface area (Å²) < 4.78 is 26.0. The van der Waals surface area contributed by atoms with Crippen LogP contribution in [0.5, 0.6) is 5.75 Å². The van der Waals surface area contributed by atoms with Gasteiger partial charge in [0.25, 0.3) is 5.91 Å². The van der Waals surface area contributed by atoms with Crippen LogP contribution in [0.15, 0.2) is 51.8 Å². The van der Waals surface area contributed by atoms with Gasteiger partial charge in [-0.15, -0.1) is 0 Å². The van der Waals surface area contributed by atoms with Crippen LogP contribution in [0.3, 0.4) is 0 Å². The number of hydrogen-bond acceptors (Lipinski definition) is 5. The average molecular weight is 508 g/mol. The Hall–Kier alpha value is -1.74. The second-order valence-corrected chi connectivity index (χ2v) is 9.57. The molecule has 2 heterocycles. The van der Waals surface area contributed by atoms with E-state index in [4.69, 9.17) is 21.7 Å². The van der Waals surface area contributed by atoms with Gasteiger partial charge in [-0.1, -0.05) is 42.2 Å². The molecule has 0 bridgehead atoms. The fourth-order valence-corrected chi connectivity index (χ4v) is 5.10. The molecule has 2 aromatic carbocycles. The van der Waals surface area contributed by atoms with E-state index in [0.717, 1.165) is 35.0 Å². The molecule has 2 aliphatic rings. The Morgan fingerprint density at radius 2 is 2.20 bits per heavy atom. The zero-order valence-electron chi connectivity index (χ0n) is 16.0. The number of halogens is 2. The van der Waals surface area contributed by atoms with Gasteiger partial charge in [0.05, 0.1) is 22.0 Å². The maximum atomic E-state index is 13.3. The second-order valence-electron chi connectivity index (χ2n) is 7.04. The Labute approximate surface area is 192 Å². The molecule has 0 spiro atoms. The number of amides is 1. The van der Waals surface area contributed by atoms with Crippen LogP contribution in [-0.2, 0) is 16.1 Å². The Morgan fingerprint density at radius 1 is 1.33 bits per heavy atom. The van der Waals surface area contributed by atoms with Gasteiger partial charge in [-0.2, -0.15) is 0 Å². The first-order chi connectivity index (χ1) is 14.5. The van der Waals surface area contributed by atoms with E-state index in [1.54, 1.807) is 11.0 Å². The smallest absolute Gasteiger partial charge is 0.266 e. The third-order valence-electron chi connectivity index (χ3n) is 4.82. The van der Waals surface area contributed by atoms with Crippen LogP contribution in [0, 0.1) is 5.82 Å².